The lowest BCUT2D eigenvalue weighted by Crippen LogP contribution is -2.51. The van der Waals surface area contributed by atoms with Crippen LogP contribution in [0.25, 0.3) is 0 Å². The van der Waals surface area contributed by atoms with Gasteiger partial charge in [-0.25, -0.2) is 4.79 Å². The van der Waals surface area contributed by atoms with E-state index in [0.717, 1.165) is 23.5 Å². The highest BCUT2D eigenvalue weighted by atomic mass is 35.5. The molecule has 188 valence electrons. The topological polar surface area (TPSA) is 68.8 Å². The van der Waals surface area contributed by atoms with Crippen LogP contribution in [0.4, 0.5) is 35.0 Å². The molecule has 0 radical (unpaired) electrons. The summed E-state index contributed by atoms with van der Waals surface area (Å²) < 4.78 is 39.2. The van der Waals surface area contributed by atoms with Crippen molar-refractivity contribution in [2.75, 3.05) is 43.4 Å². The number of hydrogen-bond acceptors (Lipinski definition) is 4. The monoisotopic (exact) mass is 517 g/mol. The molecule has 0 atom stereocenters. The van der Waals surface area contributed by atoms with Gasteiger partial charge in [-0.05, 0) is 54.6 Å². The zero-order valence-electron chi connectivity index (χ0n) is 19.3. The third-order valence-electron chi connectivity index (χ3n) is 5.93. The molecule has 0 bridgehead atoms. The minimum absolute atomic E-state index is 0.00736. The fourth-order valence-corrected chi connectivity index (χ4v) is 4.09. The largest absolute Gasteiger partial charge is 0.417 e. The van der Waals surface area contributed by atoms with Crippen LogP contribution in [0, 0.1) is 0 Å². The number of aromatic nitrogens is 1. The molecule has 0 unspecified atom stereocenters. The van der Waals surface area contributed by atoms with Crippen LogP contribution >= 0.6 is 11.6 Å². The number of nitrogens with zero attached hydrogens (tertiary/aromatic N) is 4. The van der Waals surface area contributed by atoms with Gasteiger partial charge in [0.15, 0.2) is 0 Å². The summed E-state index contributed by atoms with van der Waals surface area (Å²) in [5, 5.41) is 2.03. The summed E-state index contributed by atoms with van der Waals surface area (Å²) in [5.41, 5.74) is 1.38. The van der Waals surface area contributed by atoms with Gasteiger partial charge in [-0.3, -0.25) is 9.78 Å². The number of benzene rings is 2. The van der Waals surface area contributed by atoms with Crippen LogP contribution in [-0.2, 0) is 6.18 Å². The Morgan fingerprint density at radius 1 is 0.917 bits per heavy atom. The minimum Gasteiger partial charge on any atom is -0.345 e. The molecular formula is C25H23ClF3N5O2. The van der Waals surface area contributed by atoms with E-state index in [-0.39, 0.29) is 24.7 Å². The van der Waals surface area contributed by atoms with Crippen molar-refractivity contribution in [2.24, 2.45) is 0 Å². The molecule has 4 rings (SSSR count). The van der Waals surface area contributed by atoms with Crippen LogP contribution in [0.2, 0.25) is 5.02 Å². The first kappa shape index (κ1) is 25.3. The maximum absolute atomic E-state index is 13.1. The number of alkyl halides is 3. The molecule has 1 saturated heterocycles. The van der Waals surface area contributed by atoms with Gasteiger partial charge >= 0.3 is 12.2 Å². The van der Waals surface area contributed by atoms with Gasteiger partial charge in [-0.1, -0.05) is 11.6 Å². The minimum atomic E-state index is -4.63. The Labute approximate surface area is 211 Å². The number of carbonyl (C=O) groups is 2. The Morgan fingerprint density at radius 3 is 2.11 bits per heavy atom. The van der Waals surface area contributed by atoms with Crippen molar-refractivity contribution in [2.45, 2.75) is 6.18 Å². The van der Waals surface area contributed by atoms with Crippen LogP contribution in [0.1, 0.15) is 15.9 Å². The molecule has 1 aliphatic rings. The smallest absolute Gasteiger partial charge is 0.345 e. The van der Waals surface area contributed by atoms with Gasteiger partial charge in [-0.2, -0.15) is 13.2 Å². The summed E-state index contributed by atoms with van der Waals surface area (Å²) >= 11 is 5.63. The lowest BCUT2D eigenvalue weighted by molar-refractivity contribution is -0.137. The number of piperazine rings is 1. The van der Waals surface area contributed by atoms with Crippen molar-refractivity contribution >= 4 is 40.6 Å². The molecule has 3 amide bonds. The molecular weight excluding hydrogens is 495 g/mol. The number of halogens is 4. The van der Waals surface area contributed by atoms with Crippen LogP contribution < -0.4 is 10.2 Å². The fourth-order valence-electron chi connectivity index (χ4n) is 3.86. The molecule has 3 aromatic rings. The Balaban J connectivity index is 1.33. The van der Waals surface area contributed by atoms with Crippen LogP contribution in [0.3, 0.4) is 0 Å². The van der Waals surface area contributed by atoms with Crippen molar-refractivity contribution in [3.05, 3.63) is 83.1 Å². The lowest BCUT2D eigenvalue weighted by Gasteiger charge is -2.34. The maximum atomic E-state index is 13.1. The quantitative estimate of drug-likeness (QED) is 0.495. The zero-order valence-corrected chi connectivity index (χ0v) is 20.1. The van der Waals surface area contributed by atoms with Gasteiger partial charge in [0.1, 0.15) is 0 Å². The van der Waals surface area contributed by atoms with E-state index in [0.29, 0.717) is 18.7 Å². The first-order valence-corrected chi connectivity index (χ1v) is 11.5. The van der Waals surface area contributed by atoms with E-state index in [1.54, 1.807) is 29.4 Å². The van der Waals surface area contributed by atoms with Crippen molar-refractivity contribution in [3.63, 3.8) is 0 Å². The molecule has 7 nitrogen and oxygen atoms in total. The van der Waals surface area contributed by atoms with Gasteiger partial charge in [0.2, 0.25) is 0 Å². The Bertz CT molecular complexity index is 1230. The number of pyridine rings is 1. The lowest BCUT2D eigenvalue weighted by atomic mass is 10.1. The Morgan fingerprint density at radius 2 is 1.50 bits per heavy atom. The molecule has 0 aliphatic carbocycles. The van der Waals surface area contributed by atoms with Gasteiger partial charge in [0.05, 0.1) is 10.6 Å². The van der Waals surface area contributed by atoms with Crippen molar-refractivity contribution in [1.82, 2.24) is 14.8 Å². The summed E-state index contributed by atoms with van der Waals surface area (Å²) in [6, 6.07) is 13.7. The van der Waals surface area contributed by atoms with E-state index in [9.17, 15) is 22.8 Å². The van der Waals surface area contributed by atoms with Crippen LogP contribution in [0.5, 0.6) is 0 Å². The predicted octanol–water partition coefficient (Wildman–Crippen LogP) is 5.51. The second-order valence-corrected chi connectivity index (χ2v) is 8.62. The van der Waals surface area contributed by atoms with Crippen molar-refractivity contribution < 1.29 is 22.8 Å². The van der Waals surface area contributed by atoms with Crippen LogP contribution in [0.15, 0.2) is 67.0 Å². The first-order chi connectivity index (χ1) is 17.1. The maximum Gasteiger partial charge on any atom is 0.417 e. The summed E-state index contributed by atoms with van der Waals surface area (Å²) in [5.74, 6) is -0.152. The van der Waals surface area contributed by atoms with Gasteiger partial charge in [0, 0.05) is 68.2 Å². The standard InChI is InChI=1S/C25H23ClF3N5O2/c1-32(20-8-10-30-11-9-20)19-5-2-17(3-6-19)23(35)33-12-14-34(15-13-33)24(36)31-18-4-7-22(26)21(16-18)25(27,28)29/h2-11,16H,12-15H2,1H3,(H,31,36). The average molecular weight is 518 g/mol. The van der Waals surface area contributed by atoms with E-state index in [1.807, 2.05) is 36.2 Å². The number of anilines is 3. The molecule has 0 saturated carbocycles. The van der Waals surface area contributed by atoms with E-state index < -0.39 is 22.8 Å². The third kappa shape index (κ3) is 5.71. The molecule has 1 aliphatic heterocycles. The molecule has 2 aromatic carbocycles. The van der Waals surface area contributed by atoms with Crippen molar-refractivity contribution in [3.8, 4) is 0 Å². The number of carbonyl (C=O) groups excluding carboxylic acids is 2. The zero-order chi connectivity index (χ0) is 25.9. The summed E-state index contributed by atoms with van der Waals surface area (Å²) in [6.45, 7) is 1.11. The highest BCUT2D eigenvalue weighted by molar-refractivity contribution is 6.31. The molecule has 36 heavy (non-hydrogen) atoms. The molecule has 1 fully saturated rings. The summed E-state index contributed by atoms with van der Waals surface area (Å²) in [4.78, 5) is 34.6. The second kappa shape index (κ2) is 10.4. The molecule has 2 heterocycles. The molecule has 1 aromatic heterocycles. The molecule has 11 heteroatoms. The second-order valence-electron chi connectivity index (χ2n) is 8.21. The number of hydrogen-bond donors (Lipinski definition) is 1. The Hall–Kier alpha value is -3.79. The summed E-state index contributed by atoms with van der Waals surface area (Å²) in [7, 11) is 1.92. The summed E-state index contributed by atoms with van der Waals surface area (Å²) in [6.07, 6.45) is -1.21. The van der Waals surface area contributed by atoms with Gasteiger partial charge in [0.25, 0.3) is 5.91 Å². The average Bonchev–Trinajstić information content (AvgIpc) is 2.89. The fraction of sp³-hybridized carbons (Fsp3) is 0.240. The molecule has 1 N–H and O–H groups in total. The number of rotatable bonds is 4. The van der Waals surface area contributed by atoms with E-state index in [4.69, 9.17) is 11.6 Å². The van der Waals surface area contributed by atoms with E-state index >= 15 is 0 Å². The van der Waals surface area contributed by atoms with E-state index in [1.165, 1.54) is 11.0 Å². The Kier molecular flexibility index (Phi) is 7.35. The number of amides is 3. The normalized spacial score (nSPS) is 13.9. The molecule has 0 spiro atoms. The number of nitrogens with one attached hydrogen (secondary N) is 1. The number of urea groups is 1. The van der Waals surface area contributed by atoms with Crippen LogP contribution in [-0.4, -0.2) is 59.9 Å². The SMILES string of the molecule is CN(c1ccncc1)c1ccc(C(=O)N2CCN(C(=O)Nc3ccc(Cl)c(C(F)(F)F)c3)CC2)cc1. The third-order valence-corrected chi connectivity index (χ3v) is 6.26. The van der Waals surface area contributed by atoms with Crippen molar-refractivity contribution in [1.29, 1.82) is 0 Å². The van der Waals surface area contributed by atoms with E-state index in [2.05, 4.69) is 10.3 Å². The highest BCUT2D eigenvalue weighted by Gasteiger charge is 2.33. The van der Waals surface area contributed by atoms with Gasteiger partial charge in [-0.15, -0.1) is 0 Å². The predicted molar refractivity (Wildman–Crippen MR) is 132 cm³/mol. The van der Waals surface area contributed by atoms with Gasteiger partial charge < -0.3 is 20.0 Å². The first-order valence-electron chi connectivity index (χ1n) is 11.1. The highest BCUT2D eigenvalue weighted by Crippen LogP contribution is 2.36.